The molecule has 0 spiro atoms. The van der Waals surface area contributed by atoms with Crippen LogP contribution in [0.2, 0.25) is 0 Å². The van der Waals surface area contributed by atoms with Gasteiger partial charge in [-0.25, -0.2) is 4.98 Å². The van der Waals surface area contributed by atoms with Crippen molar-refractivity contribution in [1.29, 1.82) is 5.26 Å². The smallest absolute Gasteiger partial charge is 0.255 e. The molecule has 1 saturated heterocycles. The Labute approximate surface area is 181 Å². The normalized spacial score (nSPS) is 16.8. The molecule has 8 heteroatoms. The van der Waals surface area contributed by atoms with Crippen molar-refractivity contribution in [2.24, 2.45) is 0 Å². The average molecular weight is 416 g/mol. The Balaban J connectivity index is 1.56. The molecule has 1 unspecified atom stereocenters. The van der Waals surface area contributed by atoms with Crippen LogP contribution in [0.25, 0.3) is 16.9 Å². The standard InChI is InChI=1S/C23H24N6O2/c1-15-10-17(11-24)4-6-19(15)20-13-26-29(23(20)31)21-7-5-18(12-25-21)22(30)28-9-8-27(3)16(2)14-28/h4-7,10,12-13,16,31H,8-9,14H2,1-3H3. The van der Waals surface area contributed by atoms with Crippen molar-refractivity contribution in [3.8, 4) is 28.9 Å². The summed E-state index contributed by atoms with van der Waals surface area (Å²) in [5, 5.41) is 24.1. The predicted molar refractivity (Wildman–Crippen MR) is 116 cm³/mol. The zero-order valence-electron chi connectivity index (χ0n) is 17.8. The van der Waals surface area contributed by atoms with E-state index in [9.17, 15) is 9.90 Å². The summed E-state index contributed by atoms with van der Waals surface area (Å²) >= 11 is 0. The van der Waals surface area contributed by atoms with Gasteiger partial charge in [-0.2, -0.15) is 15.0 Å². The molecule has 31 heavy (non-hydrogen) atoms. The van der Waals surface area contributed by atoms with Gasteiger partial charge in [0.25, 0.3) is 5.91 Å². The van der Waals surface area contributed by atoms with Crippen LogP contribution in [0.4, 0.5) is 0 Å². The molecule has 8 nitrogen and oxygen atoms in total. The lowest BCUT2D eigenvalue weighted by molar-refractivity contribution is 0.0572. The molecule has 1 fully saturated rings. The van der Waals surface area contributed by atoms with Gasteiger partial charge in [-0.3, -0.25) is 4.79 Å². The third kappa shape index (κ3) is 3.88. The fraction of sp³-hybridized carbons (Fsp3) is 0.304. The highest BCUT2D eigenvalue weighted by atomic mass is 16.3. The molecule has 4 rings (SSSR count). The van der Waals surface area contributed by atoms with E-state index in [4.69, 9.17) is 5.26 Å². The van der Waals surface area contributed by atoms with E-state index in [1.54, 1.807) is 36.5 Å². The Morgan fingerprint density at radius 2 is 2.00 bits per heavy atom. The zero-order chi connectivity index (χ0) is 22.1. The van der Waals surface area contributed by atoms with E-state index in [-0.39, 0.29) is 11.8 Å². The summed E-state index contributed by atoms with van der Waals surface area (Å²) in [7, 11) is 2.06. The van der Waals surface area contributed by atoms with Gasteiger partial charge in [0.15, 0.2) is 5.82 Å². The Morgan fingerprint density at radius 3 is 2.65 bits per heavy atom. The molecule has 0 aliphatic carbocycles. The molecule has 1 N–H and O–H groups in total. The highest BCUT2D eigenvalue weighted by molar-refractivity contribution is 5.94. The van der Waals surface area contributed by atoms with Crippen LogP contribution >= 0.6 is 0 Å². The van der Waals surface area contributed by atoms with Crippen LogP contribution in [0.15, 0.2) is 42.7 Å². The van der Waals surface area contributed by atoms with Crippen LogP contribution in [-0.2, 0) is 0 Å². The minimum atomic E-state index is -0.0488. The van der Waals surface area contributed by atoms with Crippen LogP contribution in [0.3, 0.4) is 0 Å². The van der Waals surface area contributed by atoms with Gasteiger partial charge in [-0.05, 0) is 56.3 Å². The van der Waals surface area contributed by atoms with Gasteiger partial charge in [-0.1, -0.05) is 6.07 Å². The van der Waals surface area contributed by atoms with Crippen molar-refractivity contribution in [3.05, 3.63) is 59.4 Å². The van der Waals surface area contributed by atoms with Crippen molar-refractivity contribution in [3.63, 3.8) is 0 Å². The predicted octanol–water partition coefficient (Wildman–Crippen LogP) is 2.60. The molecular weight excluding hydrogens is 392 g/mol. The third-order valence-corrected chi connectivity index (χ3v) is 5.85. The molecule has 1 aliphatic heterocycles. The van der Waals surface area contributed by atoms with E-state index in [1.165, 1.54) is 10.9 Å². The van der Waals surface area contributed by atoms with E-state index in [1.807, 2.05) is 11.8 Å². The Bertz CT molecular complexity index is 1160. The maximum Gasteiger partial charge on any atom is 0.255 e. The maximum absolute atomic E-state index is 12.8. The summed E-state index contributed by atoms with van der Waals surface area (Å²) < 4.78 is 1.33. The van der Waals surface area contributed by atoms with Crippen molar-refractivity contribution >= 4 is 5.91 Å². The Morgan fingerprint density at radius 1 is 1.19 bits per heavy atom. The molecule has 1 atom stereocenters. The molecule has 1 aliphatic rings. The molecule has 2 aromatic heterocycles. The number of benzene rings is 1. The first-order valence-corrected chi connectivity index (χ1v) is 10.1. The van der Waals surface area contributed by atoms with Gasteiger partial charge in [-0.15, -0.1) is 0 Å². The van der Waals surface area contributed by atoms with E-state index in [0.717, 1.165) is 17.7 Å². The lowest BCUT2D eigenvalue weighted by atomic mass is 10.0. The summed E-state index contributed by atoms with van der Waals surface area (Å²) in [6, 6.07) is 11.1. The summed E-state index contributed by atoms with van der Waals surface area (Å²) in [6.07, 6.45) is 3.09. The fourth-order valence-electron chi connectivity index (χ4n) is 3.79. The minimum absolute atomic E-state index is 0.0439. The fourth-order valence-corrected chi connectivity index (χ4v) is 3.79. The topological polar surface area (TPSA) is 98.3 Å². The SMILES string of the molecule is Cc1cc(C#N)ccc1-c1cnn(-c2ccc(C(=O)N3CCN(C)C(C)C3)cn2)c1O. The summed E-state index contributed by atoms with van der Waals surface area (Å²) in [5.74, 6) is 0.322. The molecule has 0 bridgehead atoms. The van der Waals surface area contributed by atoms with E-state index < -0.39 is 0 Å². The van der Waals surface area contributed by atoms with Crippen LogP contribution in [0.1, 0.15) is 28.4 Å². The number of nitrogens with zero attached hydrogens (tertiary/aromatic N) is 6. The minimum Gasteiger partial charge on any atom is -0.493 e. The summed E-state index contributed by atoms with van der Waals surface area (Å²) in [5.41, 5.74) is 3.28. The summed E-state index contributed by atoms with van der Waals surface area (Å²) in [6.45, 7) is 6.20. The maximum atomic E-state index is 12.8. The van der Waals surface area contributed by atoms with Crippen LogP contribution in [0, 0.1) is 18.3 Å². The number of piperazine rings is 1. The second-order valence-corrected chi connectivity index (χ2v) is 7.92. The number of likely N-dealkylation sites (N-methyl/N-ethyl adjacent to an activating group) is 1. The van der Waals surface area contributed by atoms with Gasteiger partial charge in [0.05, 0.1) is 29.0 Å². The first kappa shape index (κ1) is 20.6. The average Bonchev–Trinajstić information content (AvgIpc) is 3.16. The molecule has 3 aromatic rings. The van der Waals surface area contributed by atoms with E-state index >= 15 is 0 Å². The lowest BCUT2D eigenvalue weighted by Crippen LogP contribution is -2.52. The molecule has 1 aromatic carbocycles. The van der Waals surface area contributed by atoms with Gasteiger partial charge in [0.1, 0.15) is 0 Å². The van der Waals surface area contributed by atoms with Crippen LogP contribution < -0.4 is 0 Å². The van der Waals surface area contributed by atoms with Crippen molar-refractivity contribution in [2.75, 3.05) is 26.7 Å². The number of aromatic hydroxyl groups is 1. The van der Waals surface area contributed by atoms with Gasteiger partial charge >= 0.3 is 0 Å². The number of carbonyl (C=O) groups excluding carboxylic acids is 1. The van der Waals surface area contributed by atoms with Crippen molar-refractivity contribution in [2.45, 2.75) is 19.9 Å². The van der Waals surface area contributed by atoms with Crippen LogP contribution in [0.5, 0.6) is 5.88 Å². The molecule has 0 saturated carbocycles. The van der Waals surface area contributed by atoms with Gasteiger partial charge < -0.3 is 14.9 Å². The lowest BCUT2D eigenvalue weighted by Gasteiger charge is -2.37. The second-order valence-electron chi connectivity index (χ2n) is 7.92. The zero-order valence-corrected chi connectivity index (χ0v) is 17.8. The number of rotatable bonds is 3. The number of amides is 1. The summed E-state index contributed by atoms with van der Waals surface area (Å²) in [4.78, 5) is 21.3. The number of carbonyl (C=O) groups is 1. The van der Waals surface area contributed by atoms with E-state index in [0.29, 0.717) is 41.6 Å². The van der Waals surface area contributed by atoms with Crippen molar-refractivity contribution < 1.29 is 9.90 Å². The highest BCUT2D eigenvalue weighted by Gasteiger charge is 2.25. The Hall–Kier alpha value is -3.70. The first-order valence-electron chi connectivity index (χ1n) is 10.1. The van der Waals surface area contributed by atoms with Gasteiger partial charge in [0.2, 0.25) is 5.88 Å². The molecule has 158 valence electrons. The van der Waals surface area contributed by atoms with E-state index in [2.05, 4.69) is 35.0 Å². The monoisotopic (exact) mass is 416 g/mol. The first-order chi connectivity index (χ1) is 14.9. The van der Waals surface area contributed by atoms with Crippen molar-refractivity contribution in [1.82, 2.24) is 24.6 Å². The molecule has 3 heterocycles. The molecule has 0 radical (unpaired) electrons. The number of pyridine rings is 1. The Kier molecular flexibility index (Phi) is 5.44. The quantitative estimate of drug-likeness (QED) is 0.705. The number of hydrogen-bond donors (Lipinski definition) is 1. The number of hydrogen-bond acceptors (Lipinski definition) is 6. The van der Waals surface area contributed by atoms with Crippen LogP contribution in [-0.4, -0.2) is 68.3 Å². The number of nitriles is 1. The number of aromatic nitrogens is 3. The highest BCUT2D eigenvalue weighted by Crippen LogP contribution is 2.33. The molecule has 1 amide bonds. The third-order valence-electron chi connectivity index (χ3n) is 5.85. The largest absolute Gasteiger partial charge is 0.493 e. The number of aryl methyl sites for hydroxylation is 1. The second kappa shape index (κ2) is 8.20. The molecular formula is C23H24N6O2. The van der Waals surface area contributed by atoms with Gasteiger partial charge in [0, 0.05) is 31.9 Å².